The molecule has 5 unspecified atom stereocenters. The number of carbonyl (C=O) groups excluding carboxylic acids is 1. The average molecular weight is 353 g/mol. The molecule has 5 atom stereocenters. The van der Waals surface area contributed by atoms with Crippen molar-refractivity contribution in [1.29, 1.82) is 0 Å². The van der Waals surface area contributed by atoms with E-state index in [1.54, 1.807) is 12.1 Å². The molecule has 4 rings (SSSR count). The Labute approximate surface area is 146 Å². The third-order valence-corrected chi connectivity index (χ3v) is 6.25. The number of amides is 1. The minimum atomic E-state index is -0.447. The SMILES string of the molecule is NC1C2CCC(C2)C1C(=O)N1CCOC(c2ccc(F)c(Cl)c2)C1. The first kappa shape index (κ1) is 16.3. The van der Waals surface area contributed by atoms with E-state index < -0.39 is 5.82 Å². The highest BCUT2D eigenvalue weighted by Crippen LogP contribution is 2.48. The van der Waals surface area contributed by atoms with Crippen molar-refractivity contribution in [2.24, 2.45) is 23.5 Å². The maximum Gasteiger partial charge on any atom is 0.227 e. The van der Waals surface area contributed by atoms with Crippen LogP contribution in [0.25, 0.3) is 0 Å². The maximum atomic E-state index is 13.4. The Balaban J connectivity index is 1.48. The zero-order valence-electron chi connectivity index (χ0n) is 13.5. The maximum absolute atomic E-state index is 13.4. The molecule has 1 amide bonds. The van der Waals surface area contributed by atoms with E-state index >= 15 is 0 Å². The summed E-state index contributed by atoms with van der Waals surface area (Å²) in [5, 5.41) is 0.0784. The molecule has 0 spiro atoms. The van der Waals surface area contributed by atoms with Gasteiger partial charge in [-0.3, -0.25) is 4.79 Å². The summed E-state index contributed by atoms with van der Waals surface area (Å²) in [4.78, 5) is 14.9. The number of ether oxygens (including phenoxy) is 1. The summed E-state index contributed by atoms with van der Waals surface area (Å²) in [6.45, 7) is 1.54. The molecule has 130 valence electrons. The summed E-state index contributed by atoms with van der Waals surface area (Å²) in [5.74, 6) is 0.628. The summed E-state index contributed by atoms with van der Waals surface area (Å²) in [5.41, 5.74) is 7.12. The second-order valence-corrected chi connectivity index (χ2v) is 7.66. The smallest absolute Gasteiger partial charge is 0.227 e. The second kappa shape index (κ2) is 6.28. The number of nitrogens with zero attached hydrogens (tertiary/aromatic N) is 1. The molecule has 0 aromatic heterocycles. The molecule has 1 aliphatic heterocycles. The van der Waals surface area contributed by atoms with Gasteiger partial charge in [-0.15, -0.1) is 0 Å². The summed E-state index contributed by atoms with van der Waals surface area (Å²) < 4.78 is 19.1. The van der Waals surface area contributed by atoms with Crippen LogP contribution < -0.4 is 5.73 Å². The highest BCUT2D eigenvalue weighted by Gasteiger charge is 2.50. The third kappa shape index (κ3) is 2.72. The standard InChI is InChI=1S/C18H22ClFN2O2/c19-13-8-10(3-4-14(13)20)15-9-22(5-6-24-15)18(23)16-11-1-2-12(7-11)17(16)21/h3-4,8,11-12,15-17H,1-2,5-7,9,21H2. The number of hydrogen-bond donors (Lipinski definition) is 1. The highest BCUT2D eigenvalue weighted by molar-refractivity contribution is 6.30. The van der Waals surface area contributed by atoms with Gasteiger partial charge < -0.3 is 15.4 Å². The van der Waals surface area contributed by atoms with Gasteiger partial charge in [0, 0.05) is 12.6 Å². The third-order valence-electron chi connectivity index (χ3n) is 5.96. The Morgan fingerprint density at radius 3 is 2.83 bits per heavy atom. The molecule has 3 aliphatic rings. The van der Waals surface area contributed by atoms with Gasteiger partial charge in [0.05, 0.1) is 24.1 Å². The Bertz CT molecular complexity index is 654. The van der Waals surface area contributed by atoms with Crippen LogP contribution >= 0.6 is 11.6 Å². The fraction of sp³-hybridized carbons (Fsp3) is 0.611. The van der Waals surface area contributed by atoms with Crippen LogP contribution in [-0.2, 0) is 9.53 Å². The number of nitrogens with two attached hydrogens (primary N) is 1. The van der Waals surface area contributed by atoms with Gasteiger partial charge in [-0.25, -0.2) is 4.39 Å². The summed E-state index contributed by atoms with van der Waals surface area (Å²) in [6.07, 6.45) is 3.11. The van der Waals surface area contributed by atoms with Gasteiger partial charge in [-0.1, -0.05) is 17.7 Å². The molecule has 1 aromatic carbocycles. The summed E-state index contributed by atoms with van der Waals surface area (Å²) >= 11 is 5.87. The number of halogens is 2. The van der Waals surface area contributed by atoms with Crippen molar-refractivity contribution < 1.29 is 13.9 Å². The molecular weight excluding hydrogens is 331 g/mol. The number of morpholine rings is 1. The summed E-state index contributed by atoms with van der Waals surface area (Å²) in [7, 11) is 0. The van der Waals surface area contributed by atoms with Crippen LogP contribution in [0.5, 0.6) is 0 Å². The molecule has 6 heteroatoms. The van der Waals surface area contributed by atoms with Crippen molar-refractivity contribution >= 4 is 17.5 Å². The van der Waals surface area contributed by atoms with E-state index in [2.05, 4.69) is 0 Å². The molecule has 3 fully saturated rings. The first-order valence-corrected chi connectivity index (χ1v) is 9.03. The van der Waals surface area contributed by atoms with E-state index in [-0.39, 0.29) is 29.0 Å². The largest absolute Gasteiger partial charge is 0.370 e. The molecule has 4 nitrogen and oxygen atoms in total. The van der Waals surface area contributed by atoms with E-state index in [0.29, 0.717) is 31.5 Å². The molecule has 2 bridgehead atoms. The van der Waals surface area contributed by atoms with Gasteiger partial charge in [0.1, 0.15) is 11.9 Å². The van der Waals surface area contributed by atoms with Crippen molar-refractivity contribution in [2.45, 2.75) is 31.4 Å². The fourth-order valence-electron chi connectivity index (χ4n) is 4.68. The number of rotatable bonds is 2. The van der Waals surface area contributed by atoms with E-state index in [1.165, 1.54) is 6.07 Å². The molecule has 1 aromatic rings. The van der Waals surface area contributed by atoms with Crippen LogP contribution in [-0.4, -0.2) is 36.5 Å². The minimum Gasteiger partial charge on any atom is -0.370 e. The lowest BCUT2D eigenvalue weighted by atomic mass is 9.84. The monoisotopic (exact) mass is 352 g/mol. The molecule has 1 heterocycles. The Morgan fingerprint density at radius 2 is 2.12 bits per heavy atom. The Kier molecular flexibility index (Phi) is 4.27. The lowest BCUT2D eigenvalue weighted by Crippen LogP contribution is -2.50. The fourth-order valence-corrected chi connectivity index (χ4v) is 4.87. The predicted molar refractivity (Wildman–Crippen MR) is 89.0 cm³/mol. The molecule has 1 saturated heterocycles. The van der Waals surface area contributed by atoms with E-state index in [9.17, 15) is 9.18 Å². The van der Waals surface area contributed by atoms with Crippen LogP contribution in [0.3, 0.4) is 0 Å². The molecule has 2 aliphatic carbocycles. The van der Waals surface area contributed by atoms with Crippen LogP contribution in [0.1, 0.15) is 30.9 Å². The normalized spacial score (nSPS) is 35.5. The van der Waals surface area contributed by atoms with Crippen molar-refractivity contribution in [3.63, 3.8) is 0 Å². The molecule has 2 N–H and O–H groups in total. The van der Waals surface area contributed by atoms with Crippen LogP contribution in [0.2, 0.25) is 5.02 Å². The highest BCUT2D eigenvalue weighted by atomic mass is 35.5. The van der Waals surface area contributed by atoms with Crippen molar-refractivity contribution in [3.05, 3.63) is 34.6 Å². The van der Waals surface area contributed by atoms with Crippen LogP contribution in [0.4, 0.5) is 4.39 Å². The molecular formula is C18H22ClFN2O2. The lowest BCUT2D eigenvalue weighted by Gasteiger charge is -2.37. The first-order valence-electron chi connectivity index (χ1n) is 8.65. The zero-order valence-corrected chi connectivity index (χ0v) is 14.2. The van der Waals surface area contributed by atoms with Crippen molar-refractivity contribution in [3.8, 4) is 0 Å². The van der Waals surface area contributed by atoms with E-state index in [4.69, 9.17) is 22.1 Å². The van der Waals surface area contributed by atoms with Gasteiger partial charge in [-0.2, -0.15) is 0 Å². The van der Waals surface area contributed by atoms with E-state index in [1.807, 2.05) is 4.90 Å². The number of carbonyl (C=O) groups is 1. The Hall–Kier alpha value is -1.17. The topological polar surface area (TPSA) is 55.6 Å². The quantitative estimate of drug-likeness (QED) is 0.890. The molecule has 0 radical (unpaired) electrons. The van der Waals surface area contributed by atoms with Crippen molar-refractivity contribution in [2.75, 3.05) is 19.7 Å². The number of benzene rings is 1. The second-order valence-electron chi connectivity index (χ2n) is 7.25. The molecule has 2 saturated carbocycles. The minimum absolute atomic E-state index is 0.00203. The lowest BCUT2D eigenvalue weighted by molar-refractivity contribution is -0.145. The van der Waals surface area contributed by atoms with Crippen LogP contribution in [0.15, 0.2) is 18.2 Å². The molecule has 24 heavy (non-hydrogen) atoms. The van der Waals surface area contributed by atoms with Crippen molar-refractivity contribution in [1.82, 2.24) is 4.90 Å². The van der Waals surface area contributed by atoms with Gasteiger partial charge >= 0.3 is 0 Å². The zero-order chi connectivity index (χ0) is 16.8. The Morgan fingerprint density at radius 1 is 1.33 bits per heavy atom. The number of hydrogen-bond acceptors (Lipinski definition) is 3. The van der Waals surface area contributed by atoms with Crippen LogP contribution in [0, 0.1) is 23.6 Å². The summed E-state index contributed by atoms with van der Waals surface area (Å²) in [6, 6.07) is 4.59. The van der Waals surface area contributed by atoms with Gasteiger partial charge in [-0.05, 0) is 48.8 Å². The first-order chi connectivity index (χ1) is 11.5. The van der Waals surface area contributed by atoms with E-state index in [0.717, 1.165) is 24.8 Å². The van der Waals surface area contributed by atoms with Gasteiger partial charge in [0.25, 0.3) is 0 Å². The van der Waals surface area contributed by atoms with Gasteiger partial charge in [0.2, 0.25) is 5.91 Å². The predicted octanol–water partition coefficient (Wildman–Crippen LogP) is 2.75. The van der Waals surface area contributed by atoms with Gasteiger partial charge in [0.15, 0.2) is 0 Å². The average Bonchev–Trinajstić information content (AvgIpc) is 3.18. The number of fused-ring (bicyclic) bond motifs is 2.